The second kappa shape index (κ2) is 8.95. The van der Waals surface area contributed by atoms with E-state index in [4.69, 9.17) is 18.6 Å². The van der Waals surface area contributed by atoms with Gasteiger partial charge in [0.2, 0.25) is 5.78 Å². The van der Waals surface area contributed by atoms with Crippen molar-refractivity contribution < 1.29 is 28.2 Å². The van der Waals surface area contributed by atoms with Crippen molar-refractivity contribution in [2.45, 2.75) is 26.5 Å². The Labute approximate surface area is 179 Å². The maximum absolute atomic E-state index is 12.6. The van der Waals surface area contributed by atoms with Crippen LogP contribution in [0.2, 0.25) is 0 Å². The van der Waals surface area contributed by atoms with Crippen LogP contribution in [0.25, 0.3) is 6.08 Å². The molecule has 3 heterocycles. The summed E-state index contributed by atoms with van der Waals surface area (Å²) in [5, 5.41) is 0. The maximum Gasteiger partial charge on any atom is 0.331 e. The summed E-state index contributed by atoms with van der Waals surface area (Å²) in [6.45, 7) is 4.44. The first-order chi connectivity index (χ1) is 15.0. The van der Waals surface area contributed by atoms with Gasteiger partial charge in [-0.2, -0.15) is 0 Å². The van der Waals surface area contributed by atoms with Crippen LogP contribution in [-0.2, 0) is 16.1 Å². The molecule has 0 saturated heterocycles. The zero-order chi connectivity index (χ0) is 21.8. The van der Waals surface area contributed by atoms with E-state index in [9.17, 15) is 9.59 Å². The Morgan fingerprint density at radius 1 is 1.16 bits per heavy atom. The standard InChI is InChI=1S/C24H23NO6/c1-16-12-20(21(26)15-30-24(27)10-9-18-6-5-11-28-18)17(2)25(16)13-19-14-29-22-7-3-4-8-23(22)31-19/h3-12,19H,13-15H2,1-2H3/b10-9+/t19-/m1/s1. The SMILES string of the molecule is Cc1cc(C(=O)COC(=O)/C=C/c2ccco2)c(C)n1C[C@@H]1COc2ccccc2O1. The molecule has 3 aromatic rings. The number of carbonyl (C=O) groups excluding carboxylic acids is 2. The molecule has 7 nitrogen and oxygen atoms in total. The molecule has 0 N–H and O–H groups in total. The molecule has 0 amide bonds. The topological polar surface area (TPSA) is 79.9 Å². The van der Waals surface area contributed by atoms with Crippen LogP contribution in [0.3, 0.4) is 0 Å². The molecule has 7 heteroatoms. The first-order valence-electron chi connectivity index (χ1n) is 9.98. The number of aromatic nitrogens is 1. The molecule has 0 aliphatic carbocycles. The minimum absolute atomic E-state index is 0.174. The molecule has 0 spiro atoms. The number of ether oxygens (including phenoxy) is 3. The highest BCUT2D eigenvalue weighted by Gasteiger charge is 2.24. The number of furan rings is 1. The predicted molar refractivity (Wildman–Crippen MR) is 113 cm³/mol. The number of fused-ring (bicyclic) bond motifs is 1. The number of nitrogens with zero attached hydrogens (tertiary/aromatic N) is 1. The molecule has 0 saturated carbocycles. The van der Waals surface area contributed by atoms with Crippen molar-refractivity contribution in [3.8, 4) is 11.5 Å². The van der Waals surface area contributed by atoms with Crippen molar-refractivity contribution >= 4 is 17.8 Å². The largest absolute Gasteiger partial charge is 0.486 e. The molecule has 0 radical (unpaired) electrons. The van der Waals surface area contributed by atoms with Gasteiger partial charge < -0.3 is 23.2 Å². The fourth-order valence-electron chi connectivity index (χ4n) is 3.52. The normalized spacial score (nSPS) is 15.2. The third-order valence-corrected chi connectivity index (χ3v) is 5.10. The fraction of sp³-hybridized carbons (Fsp3) is 0.250. The molecule has 4 rings (SSSR count). The van der Waals surface area contributed by atoms with Gasteiger partial charge in [-0.25, -0.2) is 4.79 Å². The summed E-state index contributed by atoms with van der Waals surface area (Å²) < 4.78 is 24.0. The van der Waals surface area contributed by atoms with E-state index in [-0.39, 0.29) is 18.5 Å². The first kappa shape index (κ1) is 20.5. The minimum atomic E-state index is -0.607. The van der Waals surface area contributed by atoms with E-state index in [2.05, 4.69) is 0 Å². The number of hydrogen-bond donors (Lipinski definition) is 0. The lowest BCUT2D eigenvalue weighted by Crippen LogP contribution is -2.33. The lowest BCUT2D eigenvalue weighted by Gasteiger charge is -2.27. The van der Waals surface area contributed by atoms with Crippen LogP contribution in [0.1, 0.15) is 27.5 Å². The summed E-state index contributed by atoms with van der Waals surface area (Å²) in [5.74, 6) is 1.11. The Kier molecular flexibility index (Phi) is 5.93. The summed E-state index contributed by atoms with van der Waals surface area (Å²) in [6, 6.07) is 12.8. The molecule has 0 bridgehead atoms. The summed E-state index contributed by atoms with van der Waals surface area (Å²) in [5.41, 5.74) is 2.25. The van der Waals surface area contributed by atoms with E-state index in [1.165, 1.54) is 18.4 Å². The highest BCUT2D eigenvalue weighted by atomic mass is 16.6. The number of ketones is 1. The number of Topliss-reactive ketones (excluding diaryl/α,β-unsaturated/α-hetero) is 1. The van der Waals surface area contributed by atoms with Crippen LogP contribution in [0.4, 0.5) is 0 Å². The van der Waals surface area contributed by atoms with Crippen molar-refractivity contribution in [2.75, 3.05) is 13.2 Å². The molecule has 0 fully saturated rings. The number of carbonyl (C=O) groups is 2. The molecule has 1 aliphatic rings. The molecule has 0 unspecified atom stereocenters. The molecule has 160 valence electrons. The van der Waals surface area contributed by atoms with E-state index in [0.29, 0.717) is 30.2 Å². The van der Waals surface area contributed by atoms with Crippen molar-refractivity contribution in [2.24, 2.45) is 0 Å². The van der Waals surface area contributed by atoms with Crippen LogP contribution >= 0.6 is 0 Å². The van der Waals surface area contributed by atoms with E-state index in [1.54, 1.807) is 12.1 Å². The lowest BCUT2D eigenvalue weighted by atomic mass is 10.1. The van der Waals surface area contributed by atoms with E-state index in [1.807, 2.05) is 48.7 Å². The molecule has 2 aromatic heterocycles. The van der Waals surface area contributed by atoms with Crippen molar-refractivity contribution in [3.63, 3.8) is 0 Å². The van der Waals surface area contributed by atoms with Crippen LogP contribution in [0, 0.1) is 13.8 Å². The monoisotopic (exact) mass is 421 g/mol. The Hall–Kier alpha value is -3.74. The Morgan fingerprint density at radius 2 is 1.97 bits per heavy atom. The van der Waals surface area contributed by atoms with E-state index in [0.717, 1.165) is 17.1 Å². The second-order valence-corrected chi connectivity index (χ2v) is 7.27. The molecule has 1 aliphatic heterocycles. The number of esters is 1. The minimum Gasteiger partial charge on any atom is -0.486 e. The van der Waals surface area contributed by atoms with Gasteiger partial charge in [0.15, 0.2) is 24.2 Å². The summed E-state index contributed by atoms with van der Waals surface area (Å²) in [6.07, 6.45) is 4.05. The van der Waals surface area contributed by atoms with E-state index < -0.39 is 5.97 Å². The van der Waals surface area contributed by atoms with Gasteiger partial charge in [0.1, 0.15) is 12.4 Å². The van der Waals surface area contributed by atoms with Gasteiger partial charge in [0, 0.05) is 23.0 Å². The van der Waals surface area contributed by atoms with Crippen LogP contribution < -0.4 is 9.47 Å². The number of rotatable bonds is 7. The van der Waals surface area contributed by atoms with Crippen LogP contribution in [0.5, 0.6) is 11.5 Å². The quantitative estimate of drug-likeness (QED) is 0.326. The van der Waals surface area contributed by atoms with Gasteiger partial charge >= 0.3 is 5.97 Å². The number of para-hydroxylation sites is 2. The summed E-state index contributed by atoms with van der Waals surface area (Å²) in [4.78, 5) is 24.5. The highest BCUT2D eigenvalue weighted by Crippen LogP contribution is 2.31. The van der Waals surface area contributed by atoms with Gasteiger partial charge in [-0.15, -0.1) is 0 Å². The van der Waals surface area contributed by atoms with Crippen molar-refractivity contribution in [3.05, 3.63) is 77.5 Å². The smallest absolute Gasteiger partial charge is 0.331 e. The van der Waals surface area contributed by atoms with Gasteiger partial charge in [-0.05, 0) is 50.3 Å². The zero-order valence-electron chi connectivity index (χ0n) is 17.4. The molecular weight excluding hydrogens is 398 g/mol. The molecule has 1 atom stereocenters. The van der Waals surface area contributed by atoms with E-state index >= 15 is 0 Å². The average Bonchev–Trinajstić information content (AvgIpc) is 3.40. The van der Waals surface area contributed by atoms with Crippen molar-refractivity contribution in [1.82, 2.24) is 4.57 Å². The molecular formula is C24H23NO6. The fourth-order valence-corrected chi connectivity index (χ4v) is 3.52. The third kappa shape index (κ3) is 4.71. The van der Waals surface area contributed by atoms with Crippen molar-refractivity contribution in [1.29, 1.82) is 0 Å². The Morgan fingerprint density at radius 3 is 2.74 bits per heavy atom. The number of aryl methyl sites for hydroxylation is 1. The summed E-state index contributed by atoms with van der Waals surface area (Å²) >= 11 is 0. The number of hydrogen-bond acceptors (Lipinski definition) is 6. The molecule has 31 heavy (non-hydrogen) atoms. The predicted octanol–water partition coefficient (Wildman–Crippen LogP) is 3.98. The van der Waals surface area contributed by atoms with Crippen LogP contribution in [0.15, 0.2) is 59.2 Å². The van der Waals surface area contributed by atoms with Gasteiger partial charge in [-0.3, -0.25) is 4.79 Å². The van der Waals surface area contributed by atoms with Gasteiger partial charge in [0.25, 0.3) is 0 Å². The van der Waals surface area contributed by atoms with Gasteiger partial charge in [0.05, 0.1) is 12.8 Å². The maximum atomic E-state index is 12.6. The third-order valence-electron chi connectivity index (χ3n) is 5.10. The zero-order valence-corrected chi connectivity index (χ0v) is 17.4. The first-order valence-corrected chi connectivity index (χ1v) is 9.98. The Bertz CT molecular complexity index is 1110. The molecule has 1 aromatic carbocycles. The average molecular weight is 421 g/mol. The van der Waals surface area contributed by atoms with Crippen LogP contribution in [-0.4, -0.2) is 35.6 Å². The lowest BCUT2D eigenvalue weighted by molar-refractivity contribution is -0.136. The van der Waals surface area contributed by atoms with Gasteiger partial charge in [-0.1, -0.05) is 12.1 Å². The summed E-state index contributed by atoms with van der Waals surface area (Å²) in [7, 11) is 0. The second-order valence-electron chi connectivity index (χ2n) is 7.27. The Balaban J connectivity index is 1.37. The number of benzene rings is 1. The highest BCUT2D eigenvalue weighted by molar-refractivity contribution is 6.00.